The summed E-state index contributed by atoms with van der Waals surface area (Å²) in [7, 11) is 4.09. The smallest absolute Gasteiger partial charge is 0.348 e. The van der Waals surface area contributed by atoms with Crippen LogP contribution in [0.15, 0.2) is 12.1 Å². The van der Waals surface area contributed by atoms with Crippen LogP contribution in [0.2, 0.25) is 0 Å². The summed E-state index contributed by atoms with van der Waals surface area (Å²) in [5, 5.41) is 0. The highest BCUT2D eigenvalue weighted by Crippen LogP contribution is 2.37. The van der Waals surface area contributed by atoms with Gasteiger partial charge in [-0.25, -0.2) is 9.18 Å². The SMILES string of the molecule is COC(=O)C(C)(F)c1cc(OC)c(OC)cc1C. The normalized spacial score (nSPS) is 13.7. The number of methoxy groups -OCH3 is 3. The molecule has 0 fully saturated rings. The van der Waals surface area contributed by atoms with Gasteiger partial charge < -0.3 is 14.2 Å². The van der Waals surface area contributed by atoms with E-state index < -0.39 is 11.6 Å². The molecule has 0 radical (unpaired) electrons. The first-order chi connectivity index (χ1) is 8.38. The molecule has 100 valence electrons. The molecule has 0 heterocycles. The Bertz CT molecular complexity index is 455. The first-order valence-corrected chi connectivity index (χ1v) is 5.38. The lowest BCUT2D eigenvalue weighted by atomic mass is 9.93. The maximum Gasteiger partial charge on any atom is 0.348 e. The Labute approximate surface area is 106 Å². The van der Waals surface area contributed by atoms with Gasteiger partial charge in [-0.15, -0.1) is 0 Å². The van der Waals surface area contributed by atoms with Crippen LogP contribution in [-0.4, -0.2) is 27.3 Å². The molecule has 4 nitrogen and oxygen atoms in total. The molecule has 1 unspecified atom stereocenters. The monoisotopic (exact) mass is 256 g/mol. The van der Waals surface area contributed by atoms with Crippen molar-refractivity contribution in [2.75, 3.05) is 21.3 Å². The van der Waals surface area contributed by atoms with Crippen molar-refractivity contribution in [3.8, 4) is 11.5 Å². The minimum Gasteiger partial charge on any atom is -0.493 e. The number of halogens is 1. The van der Waals surface area contributed by atoms with Crippen molar-refractivity contribution in [3.63, 3.8) is 0 Å². The molecule has 1 rings (SSSR count). The quantitative estimate of drug-likeness (QED) is 0.776. The summed E-state index contributed by atoms with van der Waals surface area (Å²) in [5.74, 6) is -0.0943. The number of esters is 1. The Morgan fingerprint density at radius 1 is 1.17 bits per heavy atom. The second-order valence-electron chi connectivity index (χ2n) is 4.02. The van der Waals surface area contributed by atoms with Crippen molar-refractivity contribution < 1.29 is 23.4 Å². The van der Waals surface area contributed by atoms with E-state index in [0.717, 1.165) is 14.0 Å². The van der Waals surface area contributed by atoms with E-state index in [4.69, 9.17) is 9.47 Å². The fraction of sp³-hybridized carbons (Fsp3) is 0.462. The van der Waals surface area contributed by atoms with Crippen molar-refractivity contribution in [1.82, 2.24) is 0 Å². The molecule has 0 bridgehead atoms. The molecule has 0 aliphatic carbocycles. The summed E-state index contributed by atoms with van der Waals surface area (Å²) >= 11 is 0. The Morgan fingerprint density at radius 3 is 2.11 bits per heavy atom. The van der Waals surface area contributed by atoms with Crippen LogP contribution in [0.25, 0.3) is 0 Å². The highest BCUT2D eigenvalue weighted by Gasteiger charge is 2.38. The van der Waals surface area contributed by atoms with Gasteiger partial charge in [0.15, 0.2) is 11.5 Å². The summed E-state index contributed by atoms with van der Waals surface area (Å²) in [6.07, 6.45) is 0. The highest BCUT2D eigenvalue weighted by molar-refractivity contribution is 5.81. The highest BCUT2D eigenvalue weighted by atomic mass is 19.1. The molecule has 0 aliphatic heterocycles. The average molecular weight is 256 g/mol. The second kappa shape index (κ2) is 5.25. The van der Waals surface area contributed by atoms with Crippen molar-refractivity contribution in [1.29, 1.82) is 0 Å². The van der Waals surface area contributed by atoms with Crippen LogP contribution < -0.4 is 9.47 Å². The molecule has 0 aliphatic rings. The number of carbonyl (C=O) groups excluding carboxylic acids is 1. The lowest BCUT2D eigenvalue weighted by Crippen LogP contribution is -2.29. The molecule has 0 saturated heterocycles. The Balaban J connectivity index is 3.37. The molecule has 5 heteroatoms. The third-order valence-electron chi connectivity index (χ3n) is 2.81. The zero-order chi connectivity index (χ0) is 13.9. The number of hydrogen-bond donors (Lipinski definition) is 0. The molecule has 0 aromatic heterocycles. The van der Waals surface area contributed by atoms with Gasteiger partial charge in [0, 0.05) is 5.56 Å². The van der Waals surface area contributed by atoms with Gasteiger partial charge in [-0.3, -0.25) is 0 Å². The molecule has 1 aromatic carbocycles. The number of hydrogen-bond acceptors (Lipinski definition) is 4. The molecule has 18 heavy (non-hydrogen) atoms. The summed E-state index contributed by atoms with van der Waals surface area (Å²) in [6.45, 7) is 2.85. The minimum atomic E-state index is -2.22. The Hall–Kier alpha value is -1.78. The summed E-state index contributed by atoms with van der Waals surface area (Å²) < 4.78 is 29.1. The lowest BCUT2D eigenvalue weighted by Gasteiger charge is -2.21. The van der Waals surface area contributed by atoms with Crippen molar-refractivity contribution >= 4 is 5.97 Å². The van der Waals surface area contributed by atoms with E-state index in [0.29, 0.717) is 17.1 Å². The van der Waals surface area contributed by atoms with Gasteiger partial charge in [-0.2, -0.15) is 0 Å². The van der Waals surface area contributed by atoms with Crippen molar-refractivity contribution in [2.24, 2.45) is 0 Å². The predicted octanol–water partition coefficient (Wildman–Crippen LogP) is 2.37. The van der Waals surface area contributed by atoms with Crippen LogP contribution in [0.4, 0.5) is 4.39 Å². The van der Waals surface area contributed by atoms with E-state index in [9.17, 15) is 9.18 Å². The lowest BCUT2D eigenvalue weighted by molar-refractivity contribution is -0.154. The minimum absolute atomic E-state index is 0.201. The molecule has 0 N–H and O–H groups in total. The van der Waals surface area contributed by atoms with E-state index in [-0.39, 0.29) is 5.56 Å². The van der Waals surface area contributed by atoms with Crippen LogP contribution in [0, 0.1) is 6.92 Å². The largest absolute Gasteiger partial charge is 0.493 e. The fourth-order valence-corrected chi connectivity index (χ4v) is 1.79. The Morgan fingerprint density at radius 2 is 1.67 bits per heavy atom. The third-order valence-corrected chi connectivity index (χ3v) is 2.81. The number of aryl methyl sites for hydroxylation is 1. The van der Waals surface area contributed by atoms with Gasteiger partial charge in [0.1, 0.15) is 0 Å². The third kappa shape index (κ3) is 2.39. The Kier molecular flexibility index (Phi) is 4.16. The topological polar surface area (TPSA) is 44.8 Å². The van der Waals surface area contributed by atoms with Crippen LogP contribution in [0.5, 0.6) is 11.5 Å². The van der Waals surface area contributed by atoms with Crippen LogP contribution in [-0.2, 0) is 15.2 Å². The predicted molar refractivity (Wildman–Crippen MR) is 64.8 cm³/mol. The standard InChI is InChI=1S/C13H17FO4/c1-8-6-10(16-3)11(17-4)7-9(8)13(2,14)12(15)18-5/h6-7H,1-5H3. The molecule has 0 amide bonds. The van der Waals surface area contributed by atoms with E-state index in [1.165, 1.54) is 20.3 Å². The van der Waals surface area contributed by atoms with Crippen molar-refractivity contribution in [2.45, 2.75) is 19.5 Å². The first kappa shape index (κ1) is 14.3. The van der Waals surface area contributed by atoms with Gasteiger partial charge in [0.25, 0.3) is 0 Å². The first-order valence-electron chi connectivity index (χ1n) is 5.38. The number of benzene rings is 1. The van der Waals surface area contributed by atoms with Crippen LogP contribution in [0.3, 0.4) is 0 Å². The number of ether oxygens (including phenoxy) is 3. The second-order valence-corrected chi connectivity index (χ2v) is 4.02. The van der Waals surface area contributed by atoms with Gasteiger partial charge in [0.2, 0.25) is 5.67 Å². The van der Waals surface area contributed by atoms with E-state index in [1.54, 1.807) is 13.0 Å². The average Bonchev–Trinajstić information content (AvgIpc) is 2.36. The number of carbonyl (C=O) groups is 1. The molecule has 0 saturated carbocycles. The number of alkyl halides is 1. The summed E-state index contributed by atoms with van der Waals surface area (Å²) in [5.41, 5.74) is -1.44. The molecular weight excluding hydrogens is 239 g/mol. The summed E-state index contributed by atoms with van der Waals surface area (Å²) in [4.78, 5) is 11.5. The zero-order valence-electron chi connectivity index (χ0n) is 11.2. The number of rotatable bonds is 4. The van der Waals surface area contributed by atoms with E-state index >= 15 is 0 Å². The van der Waals surface area contributed by atoms with Crippen LogP contribution >= 0.6 is 0 Å². The zero-order valence-corrected chi connectivity index (χ0v) is 11.2. The van der Waals surface area contributed by atoms with Gasteiger partial charge >= 0.3 is 5.97 Å². The fourth-order valence-electron chi connectivity index (χ4n) is 1.79. The molecule has 0 spiro atoms. The van der Waals surface area contributed by atoms with Crippen LogP contribution in [0.1, 0.15) is 18.1 Å². The van der Waals surface area contributed by atoms with Gasteiger partial charge in [0.05, 0.1) is 21.3 Å². The van der Waals surface area contributed by atoms with Crippen molar-refractivity contribution in [3.05, 3.63) is 23.3 Å². The molecular formula is C13H17FO4. The molecule has 1 aromatic rings. The van der Waals surface area contributed by atoms with E-state index in [2.05, 4.69) is 4.74 Å². The maximum absolute atomic E-state index is 14.5. The van der Waals surface area contributed by atoms with Gasteiger partial charge in [-0.1, -0.05) is 0 Å². The maximum atomic E-state index is 14.5. The van der Waals surface area contributed by atoms with E-state index in [1.807, 2.05) is 0 Å². The molecule has 1 atom stereocenters. The van der Waals surface area contributed by atoms with Gasteiger partial charge in [-0.05, 0) is 31.5 Å². The summed E-state index contributed by atoms with van der Waals surface area (Å²) in [6, 6.07) is 3.07.